The Morgan fingerprint density at radius 3 is 2.50 bits per heavy atom. The number of hydrogen-bond donors (Lipinski definition) is 1. The van der Waals surface area contributed by atoms with Gasteiger partial charge in [0.2, 0.25) is 5.95 Å². The Morgan fingerprint density at radius 1 is 1.00 bits per heavy atom. The molecule has 2 aromatic heterocycles. The highest BCUT2D eigenvalue weighted by Crippen LogP contribution is 2.42. The van der Waals surface area contributed by atoms with Crippen molar-refractivity contribution in [3.63, 3.8) is 0 Å². The summed E-state index contributed by atoms with van der Waals surface area (Å²) in [6.07, 6.45) is 1.80. The van der Waals surface area contributed by atoms with Crippen LogP contribution < -0.4 is 15.0 Å². The lowest BCUT2D eigenvalue weighted by Crippen LogP contribution is -2.36. The molecule has 0 radical (unpaired) electrons. The van der Waals surface area contributed by atoms with Crippen LogP contribution in [0.3, 0.4) is 0 Å². The average Bonchev–Trinajstić information content (AvgIpc) is 3.09. The molecule has 3 heterocycles. The van der Waals surface area contributed by atoms with Gasteiger partial charge in [0.25, 0.3) is 0 Å². The number of aromatic nitrogens is 3. The predicted octanol–water partition coefficient (Wildman–Crippen LogP) is 5.51. The molecule has 0 amide bonds. The summed E-state index contributed by atoms with van der Waals surface area (Å²) in [6, 6.07) is 16.2. The molecule has 5 rings (SSSR count). The molecule has 1 saturated heterocycles. The molecule has 32 heavy (non-hydrogen) atoms. The Hall–Kier alpha value is -2.62. The molecule has 2 aromatic carbocycles. The van der Waals surface area contributed by atoms with E-state index in [0.29, 0.717) is 5.95 Å². The number of hydrogen-bond acceptors (Lipinski definition) is 6. The second kappa shape index (κ2) is 9.09. The molecule has 0 unspecified atom stereocenters. The quantitative estimate of drug-likeness (QED) is 0.348. The number of nitrogens with zero attached hydrogens (tertiary/aromatic N) is 4. The molecule has 9 heteroatoms. The minimum atomic E-state index is 0.503. The van der Waals surface area contributed by atoms with Gasteiger partial charge in [0.05, 0.1) is 46.7 Å². The first-order valence-corrected chi connectivity index (χ1v) is 11.8. The number of nitrogens with one attached hydrogen (secondary N) is 1. The third kappa shape index (κ3) is 3.96. The Labute approximate surface area is 202 Å². The van der Waals surface area contributed by atoms with Crippen molar-refractivity contribution in [2.45, 2.75) is 0 Å². The van der Waals surface area contributed by atoms with E-state index in [9.17, 15) is 0 Å². The molecule has 1 aliphatic heterocycles. The van der Waals surface area contributed by atoms with Gasteiger partial charge in [0, 0.05) is 30.0 Å². The number of rotatable bonds is 5. The lowest BCUT2D eigenvalue weighted by Gasteiger charge is -2.28. The van der Waals surface area contributed by atoms with Crippen molar-refractivity contribution < 1.29 is 9.47 Å². The summed E-state index contributed by atoms with van der Waals surface area (Å²) < 4.78 is 14.7. The highest BCUT2D eigenvalue weighted by molar-refractivity contribution is 9.13. The first-order chi connectivity index (χ1) is 15.7. The molecule has 164 valence electrons. The summed E-state index contributed by atoms with van der Waals surface area (Å²) in [4.78, 5) is 6.84. The van der Waals surface area contributed by atoms with Gasteiger partial charge in [0.1, 0.15) is 5.75 Å². The zero-order valence-corrected chi connectivity index (χ0v) is 20.6. The third-order valence-corrected chi connectivity index (χ3v) is 7.54. The standard InChI is InChI=1S/C23H21Br2N5O2/c1-31-19-5-3-2-4-17(19)22-21(25)20(24)18-14-26-23(28-30(18)22)27-15-6-8-16(9-7-15)29-10-12-32-13-11-29/h2-9,14H,10-13H2,1H3,(H,27,28). The van der Waals surface area contributed by atoms with Crippen molar-refractivity contribution in [1.29, 1.82) is 0 Å². The molecule has 0 aliphatic carbocycles. The predicted molar refractivity (Wildman–Crippen MR) is 133 cm³/mol. The monoisotopic (exact) mass is 557 g/mol. The van der Waals surface area contributed by atoms with Crippen LogP contribution in [0, 0.1) is 0 Å². The van der Waals surface area contributed by atoms with Crippen LogP contribution >= 0.6 is 31.9 Å². The number of halogens is 2. The van der Waals surface area contributed by atoms with Gasteiger partial charge >= 0.3 is 0 Å². The minimum absolute atomic E-state index is 0.503. The fourth-order valence-corrected chi connectivity index (χ4v) is 4.86. The third-order valence-electron chi connectivity index (χ3n) is 5.43. The van der Waals surface area contributed by atoms with Crippen LogP contribution in [0.25, 0.3) is 16.8 Å². The van der Waals surface area contributed by atoms with Crippen LogP contribution in [0.2, 0.25) is 0 Å². The minimum Gasteiger partial charge on any atom is -0.496 e. The lowest BCUT2D eigenvalue weighted by atomic mass is 10.1. The molecule has 4 aromatic rings. The Balaban J connectivity index is 1.48. The van der Waals surface area contributed by atoms with Gasteiger partial charge in [-0.05, 0) is 68.3 Å². The first-order valence-electron chi connectivity index (χ1n) is 10.2. The largest absolute Gasteiger partial charge is 0.496 e. The maximum atomic E-state index is 5.58. The molecule has 0 atom stereocenters. The summed E-state index contributed by atoms with van der Waals surface area (Å²) in [6.45, 7) is 3.36. The molecular weight excluding hydrogens is 538 g/mol. The molecule has 1 fully saturated rings. The molecule has 0 saturated carbocycles. The molecule has 0 bridgehead atoms. The van der Waals surface area contributed by atoms with Gasteiger partial charge in [-0.2, -0.15) is 0 Å². The maximum absolute atomic E-state index is 5.58. The van der Waals surface area contributed by atoms with E-state index in [-0.39, 0.29) is 0 Å². The van der Waals surface area contributed by atoms with E-state index >= 15 is 0 Å². The summed E-state index contributed by atoms with van der Waals surface area (Å²) in [7, 11) is 1.67. The van der Waals surface area contributed by atoms with Gasteiger partial charge in [-0.1, -0.05) is 12.1 Å². The van der Waals surface area contributed by atoms with Crippen molar-refractivity contribution in [2.75, 3.05) is 43.6 Å². The Morgan fingerprint density at radius 2 is 1.75 bits per heavy atom. The van der Waals surface area contributed by atoms with Crippen LogP contribution in [0.15, 0.2) is 63.7 Å². The van der Waals surface area contributed by atoms with Crippen LogP contribution in [0.4, 0.5) is 17.3 Å². The van der Waals surface area contributed by atoms with E-state index in [1.54, 1.807) is 13.3 Å². The van der Waals surface area contributed by atoms with Gasteiger partial charge in [-0.15, -0.1) is 5.10 Å². The smallest absolute Gasteiger partial charge is 0.245 e. The molecule has 0 spiro atoms. The van der Waals surface area contributed by atoms with Crippen LogP contribution in [0.5, 0.6) is 5.75 Å². The zero-order chi connectivity index (χ0) is 22.1. The maximum Gasteiger partial charge on any atom is 0.245 e. The Kier molecular flexibility index (Phi) is 6.03. The second-order valence-corrected chi connectivity index (χ2v) is 8.91. The summed E-state index contributed by atoms with van der Waals surface area (Å²) >= 11 is 7.37. The van der Waals surface area contributed by atoms with E-state index in [0.717, 1.165) is 63.5 Å². The summed E-state index contributed by atoms with van der Waals surface area (Å²) in [5.41, 5.74) is 4.78. The number of benzene rings is 2. The Bertz CT molecular complexity index is 1250. The number of fused-ring (bicyclic) bond motifs is 1. The summed E-state index contributed by atoms with van der Waals surface area (Å²) in [5.74, 6) is 1.27. The highest BCUT2D eigenvalue weighted by atomic mass is 79.9. The van der Waals surface area contributed by atoms with Crippen molar-refractivity contribution in [2.24, 2.45) is 0 Å². The fourth-order valence-electron chi connectivity index (χ4n) is 3.82. The van der Waals surface area contributed by atoms with Gasteiger partial charge in [-0.25, -0.2) is 9.50 Å². The highest BCUT2D eigenvalue weighted by Gasteiger charge is 2.21. The number of methoxy groups -OCH3 is 1. The number of morpholine rings is 1. The first kappa shape index (κ1) is 21.2. The number of ether oxygens (including phenoxy) is 2. The van der Waals surface area contributed by atoms with E-state index in [2.05, 4.69) is 59.2 Å². The summed E-state index contributed by atoms with van der Waals surface area (Å²) in [5, 5.41) is 8.08. The van der Waals surface area contributed by atoms with Crippen LogP contribution in [0.1, 0.15) is 0 Å². The molecule has 1 aliphatic rings. The average molecular weight is 559 g/mol. The fraction of sp³-hybridized carbons (Fsp3) is 0.217. The topological polar surface area (TPSA) is 63.9 Å². The van der Waals surface area contributed by atoms with Crippen molar-refractivity contribution in [3.05, 3.63) is 63.7 Å². The zero-order valence-electron chi connectivity index (χ0n) is 17.4. The van der Waals surface area contributed by atoms with E-state index in [4.69, 9.17) is 14.6 Å². The van der Waals surface area contributed by atoms with E-state index in [1.807, 2.05) is 40.9 Å². The van der Waals surface area contributed by atoms with E-state index < -0.39 is 0 Å². The van der Waals surface area contributed by atoms with Crippen molar-refractivity contribution >= 4 is 54.7 Å². The van der Waals surface area contributed by atoms with Crippen LogP contribution in [-0.4, -0.2) is 48.0 Å². The van der Waals surface area contributed by atoms with Gasteiger partial charge < -0.3 is 19.7 Å². The SMILES string of the molecule is COc1ccccc1-c1c(Br)c(Br)c2cnc(Nc3ccc(N4CCOCC4)cc3)nn12. The lowest BCUT2D eigenvalue weighted by molar-refractivity contribution is 0.122. The van der Waals surface area contributed by atoms with E-state index in [1.165, 1.54) is 5.69 Å². The number of anilines is 3. The van der Waals surface area contributed by atoms with Crippen molar-refractivity contribution in [3.8, 4) is 17.0 Å². The van der Waals surface area contributed by atoms with Crippen molar-refractivity contribution in [1.82, 2.24) is 14.6 Å². The molecular formula is C23H21Br2N5O2. The number of para-hydroxylation sites is 1. The van der Waals surface area contributed by atoms with Gasteiger partial charge in [-0.3, -0.25) is 0 Å². The molecule has 7 nitrogen and oxygen atoms in total. The molecule has 1 N–H and O–H groups in total. The second-order valence-electron chi connectivity index (χ2n) is 7.33. The van der Waals surface area contributed by atoms with Crippen LogP contribution in [-0.2, 0) is 4.74 Å². The van der Waals surface area contributed by atoms with Gasteiger partial charge in [0.15, 0.2) is 0 Å². The normalized spacial score (nSPS) is 14.0.